The number of nitrogens with one attached hydrogen (secondary N) is 1. The van der Waals surface area contributed by atoms with Crippen LogP contribution in [0.2, 0.25) is 5.02 Å². The third-order valence-corrected chi connectivity index (χ3v) is 4.60. The number of nitrogens with zero attached hydrogens (tertiary/aromatic N) is 2. The maximum absolute atomic E-state index is 12.1. The molecule has 2 rings (SSSR count). The van der Waals surface area contributed by atoms with Gasteiger partial charge in [0.05, 0.1) is 0 Å². The minimum atomic E-state index is -0.478. The zero-order valence-corrected chi connectivity index (χ0v) is 16.1. The summed E-state index contributed by atoms with van der Waals surface area (Å²) in [7, 11) is 0. The summed E-state index contributed by atoms with van der Waals surface area (Å²) in [6, 6.07) is 7.92. The van der Waals surface area contributed by atoms with E-state index in [1.165, 1.54) is 0 Å². The maximum atomic E-state index is 12.1. The predicted octanol–water partition coefficient (Wildman–Crippen LogP) is 2.73. The van der Waals surface area contributed by atoms with Crippen molar-refractivity contribution < 1.29 is 9.59 Å². The molecule has 1 aliphatic heterocycles. The van der Waals surface area contributed by atoms with Crippen LogP contribution in [0.4, 0.5) is 5.69 Å². The maximum Gasteiger partial charge on any atom is 0.221 e. The second-order valence-electron chi connectivity index (χ2n) is 7.37. The monoisotopic (exact) mass is 365 g/mol. The molecular weight excluding hydrogens is 338 g/mol. The van der Waals surface area contributed by atoms with Gasteiger partial charge in [-0.15, -0.1) is 0 Å². The SMILES string of the molecule is CC(=O)CC(C)(C)NC(=O)CCN1CCN(c2cccc(Cl)c2)CC1. The fraction of sp³-hybridized carbons (Fsp3) is 0.579. The van der Waals surface area contributed by atoms with Gasteiger partial charge in [0, 0.05) is 61.8 Å². The quantitative estimate of drug-likeness (QED) is 0.807. The molecule has 0 bridgehead atoms. The number of ketones is 1. The Labute approximate surface area is 155 Å². The van der Waals surface area contributed by atoms with Crippen LogP contribution in [0.3, 0.4) is 0 Å². The first kappa shape index (κ1) is 19.7. The smallest absolute Gasteiger partial charge is 0.221 e. The number of anilines is 1. The molecule has 5 nitrogen and oxygen atoms in total. The van der Waals surface area contributed by atoms with Crippen LogP contribution in [-0.4, -0.2) is 54.9 Å². The molecule has 1 N–H and O–H groups in total. The van der Waals surface area contributed by atoms with Crippen molar-refractivity contribution in [3.8, 4) is 0 Å². The average molecular weight is 366 g/mol. The van der Waals surface area contributed by atoms with E-state index in [9.17, 15) is 9.59 Å². The summed E-state index contributed by atoms with van der Waals surface area (Å²) in [6.45, 7) is 9.77. The normalized spacial score (nSPS) is 15.9. The van der Waals surface area contributed by atoms with Gasteiger partial charge >= 0.3 is 0 Å². The lowest BCUT2D eigenvalue weighted by Gasteiger charge is -2.36. The second-order valence-corrected chi connectivity index (χ2v) is 7.81. The second kappa shape index (κ2) is 8.68. The first-order valence-corrected chi connectivity index (χ1v) is 9.16. The van der Waals surface area contributed by atoms with Crippen molar-refractivity contribution in [2.45, 2.75) is 39.2 Å². The van der Waals surface area contributed by atoms with E-state index in [-0.39, 0.29) is 11.7 Å². The number of benzene rings is 1. The Morgan fingerprint density at radius 3 is 2.48 bits per heavy atom. The summed E-state index contributed by atoms with van der Waals surface area (Å²) in [6.07, 6.45) is 0.815. The zero-order chi connectivity index (χ0) is 18.4. The van der Waals surface area contributed by atoms with Crippen LogP contribution in [0, 0.1) is 0 Å². The first-order valence-electron chi connectivity index (χ1n) is 8.78. The van der Waals surface area contributed by atoms with Crippen molar-refractivity contribution in [1.82, 2.24) is 10.2 Å². The highest BCUT2D eigenvalue weighted by molar-refractivity contribution is 6.30. The summed E-state index contributed by atoms with van der Waals surface area (Å²) in [4.78, 5) is 28.0. The van der Waals surface area contributed by atoms with Crippen molar-refractivity contribution in [2.24, 2.45) is 0 Å². The first-order chi connectivity index (χ1) is 11.7. The van der Waals surface area contributed by atoms with Crippen molar-refractivity contribution in [1.29, 1.82) is 0 Å². The van der Waals surface area contributed by atoms with E-state index in [0.29, 0.717) is 12.8 Å². The molecule has 1 saturated heterocycles. The molecule has 1 aliphatic rings. The van der Waals surface area contributed by atoms with Gasteiger partial charge in [0.1, 0.15) is 5.78 Å². The highest BCUT2D eigenvalue weighted by atomic mass is 35.5. The van der Waals surface area contributed by atoms with Crippen LogP contribution in [0.5, 0.6) is 0 Å². The topological polar surface area (TPSA) is 52.7 Å². The summed E-state index contributed by atoms with van der Waals surface area (Å²) in [5.74, 6) is 0.0889. The van der Waals surface area contributed by atoms with Gasteiger partial charge in [0.25, 0.3) is 0 Å². The zero-order valence-electron chi connectivity index (χ0n) is 15.3. The molecule has 1 heterocycles. The number of piperazine rings is 1. The lowest BCUT2D eigenvalue weighted by Crippen LogP contribution is -2.49. The molecule has 0 aliphatic carbocycles. The van der Waals surface area contributed by atoms with Gasteiger partial charge in [0.15, 0.2) is 0 Å². The molecule has 1 aromatic rings. The molecule has 6 heteroatoms. The Morgan fingerprint density at radius 1 is 1.20 bits per heavy atom. The Kier molecular flexibility index (Phi) is 6.85. The number of carbonyl (C=O) groups excluding carboxylic acids is 2. The molecule has 138 valence electrons. The molecule has 0 atom stereocenters. The fourth-order valence-corrected chi connectivity index (χ4v) is 3.45. The molecule has 0 unspecified atom stereocenters. The van der Waals surface area contributed by atoms with Crippen molar-refractivity contribution >= 4 is 29.0 Å². The van der Waals surface area contributed by atoms with Gasteiger partial charge in [-0.25, -0.2) is 0 Å². The highest BCUT2D eigenvalue weighted by Crippen LogP contribution is 2.20. The molecular formula is C19H28ClN3O2. The number of Topliss-reactive ketones (excluding diaryl/α,β-unsaturated/α-hetero) is 1. The largest absolute Gasteiger partial charge is 0.369 e. The number of hydrogen-bond donors (Lipinski definition) is 1. The van der Waals surface area contributed by atoms with Gasteiger partial charge in [-0.1, -0.05) is 17.7 Å². The van der Waals surface area contributed by atoms with Gasteiger partial charge in [-0.2, -0.15) is 0 Å². The molecule has 25 heavy (non-hydrogen) atoms. The van der Waals surface area contributed by atoms with Gasteiger partial charge in [-0.05, 0) is 39.0 Å². The number of rotatable bonds is 7. The van der Waals surface area contributed by atoms with Crippen molar-refractivity contribution in [2.75, 3.05) is 37.6 Å². The van der Waals surface area contributed by atoms with E-state index in [0.717, 1.165) is 43.4 Å². The summed E-state index contributed by atoms with van der Waals surface area (Å²) in [5, 5.41) is 3.71. The molecule has 0 spiro atoms. The molecule has 1 fully saturated rings. The summed E-state index contributed by atoms with van der Waals surface area (Å²) in [5.41, 5.74) is 0.671. The van der Waals surface area contributed by atoms with Crippen molar-refractivity contribution in [3.05, 3.63) is 29.3 Å². The van der Waals surface area contributed by atoms with Gasteiger partial charge < -0.3 is 10.2 Å². The highest BCUT2D eigenvalue weighted by Gasteiger charge is 2.23. The molecule has 1 aromatic carbocycles. The fourth-order valence-electron chi connectivity index (χ4n) is 3.27. The molecule has 1 amide bonds. The Hall–Kier alpha value is -1.59. The molecule has 0 saturated carbocycles. The Balaban J connectivity index is 1.73. The summed E-state index contributed by atoms with van der Waals surface area (Å²) >= 11 is 6.06. The lowest BCUT2D eigenvalue weighted by molar-refractivity contribution is -0.124. The molecule has 0 aromatic heterocycles. The van der Waals surface area contributed by atoms with E-state index in [4.69, 9.17) is 11.6 Å². The van der Waals surface area contributed by atoms with E-state index < -0.39 is 5.54 Å². The van der Waals surface area contributed by atoms with Crippen molar-refractivity contribution in [3.63, 3.8) is 0 Å². The van der Waals surface area contributed by atoms with E-state index in [1.54, 1.807) is 6.92 Å². The number of hydrogen-bond acceptors (Lipinski definition) is 4. The van der Waals surface area contributed by atoms with Crippen LogP contribution < -0.4 is 10.2 Å². The predicted molar refractivity (Wildman–Crippen MR) is 102 cm³/mol. The minimum absolute atomic E-state index is 0.00326. The van der Waals surface area contributed by atoms with Crippen LogP contribution in [0.25, 0.3) is 0 Å². The Bertz CT molecular complexity index is 610. The van der Waals surface area contributed by atoms with E-state index in [1.807, 2.05) is 32.0 Å². The third-order valence-electron chi connectivity index (χ3n) is 4.37. The average Bonchev–Trinajstić information content (AvgIpc) is 2.51. The van der Waals surface area contributed by atoms with Gasteiger partial charge in [-0.3, -0.25) is 14.5 Å². The number of halogens is 1. The molecule has 0 radical (unpaired) electrons. The number of carbonyl (C=O) groups is 2. The van der Waals surface area contributed by atoms with Crippen LogP contribution >= 0.6 is 11.6 Å². The Morgan fingerprint density at radius 2 is 1.88 bits per heavy atom. The third kappa shape index (κ3) is 6.67. The van der Waals surface area contributed by atoms with E-state index >= 15 is 0 Å². The lowest BCUT2D eigenvalue weighted by atomic mass is 9.98. The number of amides is 1. The van der Waals surface area contributed by atoms with Gasteiger partial charge in [0.2, 0.25) is 5.91 Å². The standard InChI is InChI=1S/C19H28ClN3O2/c1-15(24)14-19(2,3)21-18(25)7-8-22-9-11-23(12-10-22)17-6-4-5-16(20)13-17/h4-6,13H,7-12,14H2,1-3H3,(H,21,25). The minimum Gasteiger partial charge on any atom is -0.369 e. The van der Waals surface area contributed by atoms with Crippen LogP contribution in [0.1, 0.15) is 33.6 Å². The van der Waals surface area contributed by atoms with Crippen LogP contribution in [-0.2, 0) is 9.59 Å². The summed E-state index contributed by atoms with van der Waals surface area (Å²) < 4.78 is 0. The van der Waals surface area contributed by atoms with Crippen LogP contribution in [0.15, 0.2) is 24.3 Å². The van der Waals surface area contributed by atoms with E-state index in [2.05, 4.69) is 21.2 Å².